The molecule has 6 heteroatoms. The fraction of sp³-hybridized carbons (Fsp3) is 0.471. The standard InChI is InChI=1S/C17H22N2O4/c1-21-14-9-15-17(16(10-14)22-2)13(12-20)11-19(15)4-3-18-5-7-23-8-6-18/h9-12H,3-8H2,1-2H3. The molecular weight excluding hydrogens is 296 g/mol. The zero-order chi connectivity index (χ0) is 16.2. The average Bonchev–Trinajstić information content (AvgIpc) is 2.97. The highest BCUT2D eigenvalue weighted by atomic mass is 16.5. The van der Waals surface area contributed by atoms with Crippen LogP contribution in [0.3, 0.4) is 0 Å². The molecule has 1 saturated heterocycles. The molecule has 0 N–H and O–H groups in total. The summed E-state index contributed by atoms with van der Waals surface area (Å²) in [6.45, 7) is 5.20. The molecule has 0 saturated carbocycles. The molecule has 6 nitrogen and oxygen atoms in total. The van der Waals surface area contributed by atoms with Crippen LogP contribution in [-0.4, -0.2) is 62.8 Å². The summed E-state index contributed by atoms with van der Waals surface area (Å²) >= 11 is 0. The SMILES string of the molecule is COc1cc(OC)c2c(C=O)cn(CCN3CCOCC3)c2c1. The summed E-state index contributed by atoms with van der Waals surface area (Å²) in [5.41, 5.74) is 1.60. The largest absolute Gasteiger partial charge is 0.497 e. The summed E-state index contributed by atoms with van der Waals surface area (Å²) in [4.78, 5) is 13.8. The Morgan fingerprint density at radius 1 is 1.17 bits per heavy atom. The summed E-state index contributed by atoms with van der Waals surface area (Å²) in [5, 5.41) is 0.838. The minimum absolute atomic E-state index is 0.640. The van der Waals surface area contributed by atoms with Gasteiger partial charge >= 0.3 is 0 Å². The van der Waals surface area contributed by atoms with Gasteiger partial charge in [0.05, 0.1) is 38.3 Å². The van der Waals surface area contributed by atoms with Crippen molar-refractivity contribution in [1.29, 1.82) is 0 Å². The number of aldehydes is 1. The van der Waals surface area contributed by atoms with Gasteiger partial charge < -0.3 is 18.8 Å². The molecule has 1 aromatic carbocycles. The zero-order valence-corrected chi connectivity index (χ0v) is 13.6. The number of carbonyl (C=O) groups is 1. The van der Waals surface area contributed by atoms with Crippen molar-refractivity contribution in [2.45, 2.75) is 6.54 Å². The van der Waals surface area contributed by atoms with Crippen LogP contribution in [0.1, 0.15) is 10.4 Å². The number of hydrogen-bond acceptors (Lipinski definition) is 5. The van der Waals surface area contributed by atoms with Crippen LogP contribution in [0.25, 0.3) is 10.9 Å². The molecule has 0 spiro atoms. The van der Waals surface area contributed by atoms with E-state index >= 15 is 0 Å². The van der Waals surface area contributed by atoms with E-state index in [-0.39, 0.29) is 0 Å². The highest BCUT2D eigenvalue weighted by molar-refractivity contribution is 6.02. The van der Waals surface area contributed by atoms with Crippen LogP contribution in [0.4, 0.5) is 0 Å². The van der Waals surface area contributed by atoms with E-state index in [1.165, 1.54) is 0 Å². The second kappa shape index (κ2) is 7.02. The summed E-state index contributed by atoms with van der Waals surface area (Å²) in [6, 6.07) is 3.76. The minimum Gasteiger partial charge on any atom is -0.497 e. The Morgan fingerprint density at radius 3 is 2.61 bits per heavy atom. The minimum atomic E-state index is 0.640. The lowest BCUT2D eigenvalue weighted by atomic mass is 10.1. The Hall–Kier alpha value is -2.05. The first-order valence-electron chi connectivity index (χ1n) is 7.77. The maximum atomic E-state index is 11.4. The fourth-order valence-electron chi connectivity index (χ4n) is 3.02. The molecule has 2 aromatic rings. The number of carbonyl (C=O) groups excluding carboxylic acids is 1. The third-order valence-corrected chi connectivity index (χ3v) is 4.29. The van der Waals surface area contributed by atoms with Crippen LogP contribution in [-0.2, 0) is 11.3 Å². The van der Waals surface area contributed by atoms with E-state index in [4.69, 9.17) is 14.2 Å². The van der Waals surface area contributed by atoms with E-state index in [1.54, 1.807) is 14.2 Å². The molecule has 124 valence electrons. The van der Waals surface area contributed by atoms with Crippen LogP contribution in [0.5, 0.6) is 11.5 Å². The molecule has 0 aliphatic carbocycles. The van der Waals surface area contributed by atoms with E-state index in [9.17, 15) is 4.79 Å². The summed E-state index contributed by atoms with van der Waals surface area (Å²) < 4.78 is 18.3. The van der Waals surface area contributed by atoms with E-state index < -0.39 is 0 Å². The van der Waals surface area contributed by atoms with Gasteiger partial charge in [-0.25, -0.2) is 0 Å². The highest BCUT2D eigenvalue weighted by Crippen LogP contribution is 2.34. The number of rotatable bonds is 6. The molecule has 0 bridgehead atoms. The lowest BCUT2D eigenvalue weighted by Crippen LogP contribution is -2.38. The zero-order valence-electron chi connectivity index (χ0n) is 13.6. The lowest BCUT2D eigenvalue weighted by Gasteiger charge is -2.26. The van der Waals surface area contributed by atoms with Crippen LogP contribution in [0, 0.1) is 0 Å². The maximum absolute atomic E-state index is 11.4. The molecule has 0 radical (unpaired) electrons. The predicted octanol–water partition coefficient (Wildman–Crippen LogP) is 1.80. The number of benzene rings is 1. The van der Waals surface area contributed by atoms with Gasteiger partial charge in [0, 0.05) is 50.1 Å². The summed E-state index contributed by atoms with van der Waals surface area (Å²) in [6.07, 6.45) is 2.77. The Kier molecular flexibility index (Phi) is 4.83. The third kappa shape index (κ3) is 3.18. The number of hydrogen-bond donors (Lipinski definition) is 0. The van der Waals surface area contributed by atoms with Gasteiger partial charge in [0.1, 0.15) is 11.5 Å². The first-order chi connectivity index (χ1) is 11.3. The smallest absolute Gasteiger partial charge is 0.152 e. The first kappa shape index (κ1) is 15.8. The van der Waals surface area contributed by atoms with Crippen molar-refractivity contribution in [3.05, 3.63) is 23.9 Å². The quantitative estimate of drug-likeness (QED) is 0.760. The van der Waals surface area contributed by atoms with E-state index in [2.05, 4.69) is 9.47 Å². The molecule has 0 atom stereocenters. The molecule has 0 unspecified atom stereocenters. The van der Waals surface area contributed by atoms with Crippen LogP contribution in [0.2, 0.25) is 0 Å². The van der Waals surface area contributed by atoms with Gasteiger partial charge in [-0.05, 0) is 0 Å². The predicted molar refractivity (Wildman–Crippen MR) is 87.7 cm³/mol. The molecule has 23 heavy (non-hydrogen) atoms. The van der Waals surface area contributed by atoms with Gasteiger partial charge in [-0.15, -0.1) is 0 Å². The Balaban J connectivity index is 1.93. The van der Waals surface area contributed by atoms with Crippen molar-refractivity contribution in [3.63, 3.8) is 0 Å². The Morgan fingerprint density at radius 2 is 1.96 bits per heavy atom. The maximum Gasteiger partial charge on any atom is 0.152 e. The van der Waals surface area contributed by atoms with Crippen molar-refractivity contribution in [2.24, 2.45) is 0 Å². The van der Waals surface area contributed by atoms with Crippen molar-refractivity contribution in [2.75, 3.05) is 47.1 Å². The number of methoxy groups -OCH3 is 2. The summed E-state index contributed by atoms with van der Waals surface area (Å²) in [7, 11) is 3.23. The average molecular weight is 318 g/mol. The fourth-order valence-corrected chi connectivity index (χ4v) is 3.02. The van der Waals surface area contributed by atoms with Crippen LogP contribution < -0.4 is 9.47 Å². The van der Waals surface area contributed by atoms with E-state index in [0.29, 0.717) is 11.3 Å². The molecule has 3 rings (SSSR count). The number of aromatic nitrogens is 1. The Bertz CT molecular complexity index is 689. The van der Waals surface area contributed by atoms with Crippen molar-refractivity contribution >= 4 is 17.2 Å². The second-order valence-electron chi connectivity index (χ2n) is 5.57. The van der Waals surface area contributed by atoms with E-state index in [0.717, 1.165) is 62.3 Å². The topological polar surface area (TPSA) is 52.9 Å². The van der Waals surface area contributed by atoms with E-state index in [1.807, 2.05) is 18.3 Å². The van der Waals surface area contributed by atoms with Gasteiger partial charge in [0.15, 0.2) is 6.29 Å². The van der Waals surface area contributed by atoms with Crippen molar-refractivity contribution in [1.82, 2.24) is 9.47 Å². The highest BCUT2D eigenvalue weighted by Gasteiger charge is 2.16. The molecule has 1 aliphatic rings. The molecule has 0 amide bonds. The molecule has 1 aliphatic heterocycles. The van der Waals surface area contributed by atoms with Gasteiger partial charge in [-0.1, -0.05) is 0 Å². The molecular formula is C17H22N2O4. The number of fused-ring (bicyclic) bond motifs is 1. The van der Waals surface area contributed by atoms with Crippen LogP contribution >= 0.6 is 0 Å². The normalized spacial score (nSPS) is 15.7. The monoisotopic (exact) mass is 318 g/mol. The summed E-state index contributed by atoms with van der Waals surface area (Å²) in [5.74, 6) is 1.38. The van der Waals surface area contributed by atoms with Gasteiger partial charge in [-0.3, -0.25) is 9.69 Å². The van der Waals surface area contributed by atoms with Crippen LogP contribution in [0.15, 0.2) is 18.3 Å². The number of ether oxygens (including phenoxy) is 3. The van der Waals surface area contributed by atoms with Gasteiger partial charge in [-0.2, -0.15) is 0 Å². The molecule has 2 heterocycles. The third-order valence-electron chi connectivity index (χ3n) is 4.29. The lowest BCUT2D eigenvalue weighted by molar-refractivity contribution is 0.0365. The molecule has 1 aromatic heterocycles. The number of nitrogens with zero attached hydrogens (tertiary/aromatic N) is 2. The number of morpholine rings is 1. The van der Waals surface area contributed by atoms with Gasteiger partial charge in [0.2, 0.25) is 0 Å². The molecule has 1 fully saturated rings. The van der Waals surface area contributed by atoms with Crippen molar-refractivity contribution < 1.29 is 19.0 Å². The van der Waals surface area contributed by atoms with Gasteiger partial charge in [0.25, 0.3) is 0 Å². The second-order valence-corrected chi connectivity index (χ2v) is 5.57. The van der Waals surface area contributed by atoms with Crippen molar-refractivity contribution in [3.8, 4) is 11.5 Å². The first-order valence-corrected chi connectivity index (χ1v) is 7.77. The Labute approximate surface area is 135 Å².